The van der Waals surface area contributed by atoms with E-state index in [2.05, 4.69) is 44.0 Å². The molecule has 0 spiro atoms. The number of benzene rings is 1. The molecule has 3 heteroatoms. The first-order chi connectivity index (χ1) is 9.74. The average Bonchev–Trinajstić information content (AvgIpc) is 2.47. The van der Waals surface area contributed by atoms with Crippen molar-refractivity contribution in [2.45, 2.75) is 45.6 Å². The molecular formula is C17H30N2O. The van der Waals surface area contributed by atoms with E-state index in [1.165, 1.54) is 18.4 Å². The second kappa shape index (κ2) is 9.78. The van der Waals surface area contributed by atoms with Crippen molar-refractivity contribution in [1.29, 1.82) is 0 Å². The highest BCUT2D eigenvalue weighted by molar-refractivity contribution is 5.36. The van der Waals surface area contributed by atoms with E-state index in [0.29, 0.717) is 6.54 Å². The summed E-state index contributed by atoms with van der Waals surface area (Å²) in [5, 5.41) is 0. The summed E-state index contributed by atoms with van der Waals surface area (Å²) in [6.45, 7) is 6.86. The molecule has 3 nitrogen and oxygen atoms in total. The van der Waals surface area contributed by atoms with Gasteiger partial charge < -0.3 is 10.5 Å². The van der Waals surface area contributed by atoms with Gasteiger partial charge in [0, 0.05) is 12.1 Å². The van der Waals surface area contributed by atoms with Gasteiger partial charge in [0.2, 0.25) is 0 Å². The van der Waals surface area contributed by atoms with Crippen LogP contribution in [0.4, 0.5) is 0 Å². The van der Waals surface area contributed by atoms with Crippen LogP contribution in [0, 0.1) is 0 Å². The predicted octanol–water partition coefficient (Wildman–Crippen LogP) is 3.60. The summed E-state index contributed by atoms with van der Waals surface area (Å²) in [5.74, 6) is 0.986. The summed E-state index contributed by atoms with van der Waals surface area (Å²) in [7, 11) is 2.15. The molecule has 0 radical (unpaired) electrons. The Morgan fingerprint density at radius 2 is 1.85 bits per heavy atom. The summed E-state index contributed by atoms with van der Waals surface area (Å²) in [6, 6.07) is 8.53. The van der Waals surface area contributed by atoms with E-state index in [1.807, 2.05) is 6.07 Å². The molecule has 0 aliphatic heterocycles. The van der Waals surface area contributed by atoms with E-state index >= 15 is 0 Å². The molecule has 1 aromatic rings. The van der Waals surface area contributed by atoms with Crippen LogP contribution in [0.3, 0.4) is 0 Å². The highest BCUT2D eigenvalue weighted by Crippen LogP contribution is 2.28. The Balaban J connectivity index is 2.79. The molecule has 2 N–H and O–H groups in total. The van der Waals surface area contributed by atoms with Crippen molar-refractivity contribution in [2.75, 3.05) is 26.7 Å². The van der Waals surface area contributed by atoms with Crippen LogP contribution in [-0.2, 0) is 0 Å². The molecule has 1 atom stereocenters. The zero-order valence-electron chi connectivity index (χ0n) is 13.3. The monoisotopic (exact) mass is 278 g/mol. The second-order valence-corrected chi connectivity index (χ2v) is 5.33. The molecule has 0 fully saturated rings. The maximum absolute atomic E-state index is 6.00. The van der Waals surface area contributed by atoms with E-state index in [1.54, 1.807) is 0 Å². The fourth-order valence-corrected chi connectivity index (χ4v) is 2.32. The van der Waals surface area contributed by atoms with Gasteiger partial charge in [0.05, 0.1) is 12.6 Å². The maximum atomic E-state index is 6.00. The van der Waals surface area contributed by atoms with Gasteiger partial charge in [0.1, 0.15) is 5.75 Å². The summed E-state index contributed by atoms with van der Waals surface area (Å²) in [6.07, 6.45) is 4.65. The van der Waals surface area contributed by atoms with Crippen LogP contribution in [0.15, 0.2) is 24.3 Å². The SMILES string of the molecule is CCCCOc1ccccc1C(CN)N(C)CCCC. The number of rotatable bonds is 10. The quantitative estimate of drug-likeness (QED) is 0.665. The Morgan fingerprint density at radius 3 is 2.50 bits per heavy atom. The van der Waals surface area contributed by atoms with Crippen LogP contribution < -0.4 is 10.5 Å². The highest BCUT2D eigenvalue weighted by Gasteiger charge is 2.18. The van der Waals surface area contributed by atoms with E-state index in [0.717, 1.165) is 31.7 Å². The fourth-order valence-electron chi connectivity index (χ4n) is 2.32. The van der Waals surface area contributed by atoms with Crippen LogP contribution in [-0.4, -0.2) is 31.6 Å². The van der Waals surface area contributed by atoms with E-state index in [4.69, 9.17) is 10.5 Å². The Morgan fingerprint density at radius 1 is 1.15 bits per heavy atom. The molecule has 0 saturated heterocycles. The van der Waals surface area contributed by atoms with Crippen molar-refractivity contribution in [3.05, 3.63) is 29.8 Å². The third-order valence-electron chi connectivity index (χ3n) is 3.65. The lowest BCUT2D eigenvalue weighted by molar-refractivity contribution is 0.234. The van der Waals surface area contributed by atoms with Gasteiger partial charge in [-0.05, 0) is 32.5 Å². The molecule has 0 heterocycles. The van der Waals surface area contributed by atoms with Gasteiger partial charge >= 0.3 is 0 Å². The molecular weight excluding hydrogens is 248 g/mol. The first-order valence-electron chi connectivity index (χ1n) is 7.86. The number of unbranched alkanes of at least 4 members (excludes halogenated alkanes) is 2. The molecule has 20 heavy (non-hydrogen) atoms. The van der Waals surface area contributed by atoms with Crippen molar-refractivity contribution in [2.24, 2.45) is 5.73 Å². The first-order valence-corrected chi connectivity index (χ1v) is 7.86. The number of ether oxygens (including phenoxy) is 1. The van der Waals surface area contributed by atoms with Gasteiger partial charge in [-0.15, -0.1) is 0 Å². The van der Waals surface area contributed by atoms with Gasteiger partial charge in [0.25, 0.3) is 0 Å². The third kappa shape index (κ3) is 5.14. The number of nitrogens with zero attached hydrogens (tertiary/aromatic N) is 1. The highest BCUT2D eigenvalue weighted by atomic mass is 16.5. The summed E-state index contributed by atoms with van der Waals surface area (Å²) in [5.41, 5.74) is 7.22. The van der Waals surface area contributed by atoms with Gasteiger partial charge in [0.15, 0.2) is 0 Å². The lowest BCUT2D eigenvalue weighted by atomic mass is 10.0. The fraction of sp³-hybridized carbons (Fsp3) is 0.647. The summed E-state index contributed by atoms with van der Waals surface area (Å²) < 4.78 is 5.93. The minimum absolute atomic E-state index is 0.236. The largest absolute Gasteiger partial charge is 0.493 e. The van der Waals surface area contributed by atoms with Gasteiger partial charge in [-0.25, -0.2) is 0 Å². The minimum Gasteiger partial charge on any atom is -0.493 e. The molecule has 0 saturated carbocycles. The van der Waals surface area contributed by atoms with Crippen LogP contribution in [0.25, 0.3) is 0 Å². The zero-order chi connectivity index (χ0) is 14.8. The number of hydrogen-bond acceptors (Lipinski definition) is 3. The zero-order valence-corrected chi connectivity index (χ0v) is 13.3. The van der Waals surface area contributed by atoms with Crippen molar-refractivity contribution in [3.8, 4) is 5.75 Å². The molecule has 1 unspecified atom stereocenters. The topological polar surface area (TPSA) is 38.5 Å². The Kier molecular flexibility index (Phi) is 8.31. The normalized spacial score (nSPS) is 12.7. The molecule has 0 aliphatic carbocycles. The van der Waals surface area contributed by atoms with Crippen LogP contribution in [0.5, 0.6) is 5.75 Å². The van der Waals surface area contributed by atoms with Crippen LogP contribution in [0.2, 0.25) is 0 Å². The first kappa shape index (κ1) is 17.0. The van der Waals surface area contributed by atoms with Crippen molar-refractivity contribution < 1.29 is 4.74 Å². The standard InChI is InChI=1S/C17H30N2O/c1-4-6-12-19(3)16(14-18)15-10-8-9-11-17(15)20-13-7-5-2/h8-11,16H,4-7,12-14,18H2,1-3H3. The van der Waals surface area contributed by atoms with Crippen molar-refractivity contribution in [1.82, 2.24) is 4.90 Å². The van der Waals surface area contributed by atoms with Crippen molar-refractivity contribution >= 4 is 0 Å². The van der Waals surface area contributed by atoms with Crippen LogP contribution >= 0.6 is 0 Å². The van der Waals surface area contributed by atoms with Crippen LogP contribution in [0.1, 0.15) is 51.1 Å². The number of hydrogen-bond donors (Lipinski definition) is 1. The molecule has 1 rings (SSSR count). The summed E-state index contributed by atoms with van der Waals surface area (Å²) >= 11 is 0. The minimum atomic E-state index is 0.236. The van der Waals surface area contributed by atoms with Gasteiger partial charge in [-0.2, -0.15) is 0 Å². The smallest absolute Gasteiger partial charge is 0.124 e. The number of nitrogens with two attached hydrogens (primary N) is 1. The lowest BCUT2D eigenvalue weighted by Crippen LogP contribution is -2.31. The van der Waals surface area contributed by atoms with Gasteiger partial charge in [-0.3, -0.25) is 4.90 Å². The predicted molar refractivity (Wildman–Crippen MR) is 86.2 cm³/mol. The Hall–Kier alpha value is -1.06. The van der Waals surface area contributed by atoms with Gasteiger partial charge in [-0.1, -0.05) is 44.9 Å². The molecule has 1 aromatic carbocycles. The molecule has 0 aliphatic rings. The molecule has 114 valence electrons. The number of para-hydroxylation sites is 1. The summed E-state index contributed by atoms with van der Waals surface area (Å²) in [4.78, 5) is 2.34. The molecule has 0 bridgehead atoms. The maximum Gasteiger partial charge on any atom is 0.124 e. The van der Waals surface area contributed by atoms with E-state index in [9.17, 15) is 0 Å². The van der Waals surface area contributed by atoms with E-state index in [-0.39, 0.29) is 6.04 Å². The molecule has 0 amide bonds. The lowest BCUT2D eigenvalue weighted by Gasteiger charge is -2.28. The Bertz CT molecular complexity index is 368. The second-order valence-electron chi connectivity index (χ2n) is 5.33. The van der Waals surface area contributed by atoms with E-state index < -0.39 is 0 Å². The molecule has 0 aromatic heterocycles. The van der Waals surface area contributed by atoms with Crippen molar-refractivity contribution in [3.63, 3.8) is 0 Å². The third-order valence-corrected chi connectivity index (χ3v) is 3.65. The average molecular weight is 278 g/mol. The number of likely N-dealkylation sites (N-methyl/N-ethyl adjacent to an activating group) is 1. The Labute approximate surface area is 124 Å².